The number of guanidine groups is 1. The summed E-state index contributed by atoms with van der Waals surface area (Å²) in [6, 6.07) is 7.57. The van der Waals surface area contributed by atoms with Crippen LogP contribution in [0, 0.1) is 6.92 Å². The number of nitrogens with zero attached hydrogens (tertiary/aromatic N) is 3. The molecule has 3 heterocycles. The van der Waals surface area contributed by atoms with Crippen molar-refractivity contribution >= 4 is 29.9 Å². The summed E-state index contributed by atoms with van der Waals surface area (Å²) in [7, 11) is 1.74. The van der Waals surface area contributed by atoms with Gasteiger partial charge in [0.25, 0.3) is 0 Å². The van der Waals surface area contributed by atoms with Gasteiger partial charge in [-0.25, -0.2) is 4.98 Å². The standard InChI is InChI=1S/C17H22N6O2.HI/c1-11-6-7-13(25-11)12(2)20-17(18-3)19-9-8-15-21-16(23-22-15)14-5-4-10-24-14;/h4-7,10,12H,8-9H2,1-3H3,(H2,18,19,20)(H,21,22,23);1H. The molecule has 9 heteroatoms. The second-order valence-electron chi connectivity index (χ2n) is 5.65. The third-order valence-corrected chi connectivity index (χ3v) is 3.69. The average molecular weight is 470 g/mol. The summed E-state index contributed by atoms with van der Waals surface area (Å²) in [5.74, 6) is 4.46. The normalized spacial score (nSPS) is 12.5. The van der Waals surface area contributed by atoms with Gasteiger partial charge in [0.2, 0.25) is 5.82 Å². The molecule has 8 nitrogen and oxygen atoms in total. The zero-order valence-electron chi connectivity index (χ0n) is 14.9. The monoisotopic (exact) mass is 470 g/mol. The second kappa shape index (κ2) is 9.41. The zero-order chi connectivity index (χ0) is 17.6. The lowest BCUT2D eigenvalue weighted by atomic mass is 10.2. The Morgan fingerprint density at radius 1 is 1.35 bits per heavy atom. The van der Waals surface area contributed by atoms with Crippen LogP contribution in [0.3, 0.4) is 0 Å². The Kier molecular flexibility index (Phi) is 7.25. The number of furan rings is 2. The van der Waals surface area contributed by atoms with E-state index in [1.54, 1.807) is 13.3 Å². The van der Waals surface area contributed by atoms with E-state index in [4.69, 9.17) is 8.83 Å². The Morgan fingerprint density at radius 3 is 2.85 bits per heavy atom. The molecule has 0 aliphatic heterocycles. The van der Waals surface area contributed by atoms with Crippen LogP contribution in [0.25, 0.3) is 11.6 Å². The van der Waals surface area contributed by atoms with E-state index in [1.165, 1.54) is 0 Å². The van der Waals surface area contributed by atoms with Crippen molar-refractivity contribution in [2.24, 2.45) is 4.99 Å². The zero-order valence-corrected chi connectivity index (χ0v) is 17.3. The molecule has 0 amide bonds. The number of halogens is 1. The van der Waals surface area contributed by atoms with E-state index in [1.807, 2.05) is 38.1 Å². The average Bonchev–Trinajstić information content (AvgIpc) is 3.34. The van der Waals surface area contributed by atoms with E-state index in [2.05, 4.69) is 30.8 Å². The number of nitrogens with one attached hydrogen (secondary N) is 3. The molecule has 0 saturated carbocycles. The van der Waals surface area contributed by atoms with Crippen LogP contribution in [0.2, 0.25) is 0 Å². The van der Waals surface area contributed by atoms with Gasteiger partial charge in [0, 0.05) is 20.0 Å². The van der Waals surface area contributed by atoms with Crippen molar-refractivity contribution in [2.45, 2.75) is 26.3 Å². The first kappa shape index (κ1) is 20.0. The van der Waals surface area contributed by atoms with Gasteiger partial charge in [-0.05, 0) is 38.1 Å². The summed E-state index contributed by atoms with van der Waals surface area (Å²) >= 11 is 0. The summed E-state index contributed by atoms with van der Waals surface area (Å²) in [5, 5.41) is 13.6. The molecule has 140 valence electrons. The van der Waals surface area contributed by atoms with Gasteiger partial charge in [-0.1, -0.05) is 0 Å². The molecule has 0 bridgehead atoms. The van der Waals surface area contributed by atoms with Crippen molar-refractivity contribution in [3.63, 3.8) is 0 Å². The Balaban J connectivity index is 0.00000243. The lowest BCUT2D eigenvalue weighted by Crippen LogP contribution is -2.39. The van der Waals surface area contributed by atoms with Crippen molar-refractivity contribution < 1.29 is 8.83 Å². The maximum Gasteiger partial charge on any atom is 0.216 e. The van der Waals surface area contributed by atoms with Gasteiger partial charge >= 0.3 is 0 Å². The molecule has 0 aliphatic carbocycles. The number of hydrogen-bond acceptors (Lipinski definition) is 5. The molecule has 1 unspecified atom stereocenters. The summed E-state index contributed by atoms with van der Waals surface area (Å²) in [5.41, 5.74) is 0. The molecule has 3 aromatic heterocycles. The fraction of sp³-hybridized carbons (Fsp3) is 0.353. The molecule has 0 aliphatic rings. The Morgan fingerprint density at radius 2 is 2.19 bits per heavy atom. The number of H-pyrrole nitrogens is 1. The summed E-state index contributed by atoms with van der Waals surface area (Å²) in [6.07, 6.45) is 2.28. The SMILES string of the molecule is CN=C(NCCc1nc(-c2ccco2)n[nH]1)NC(C)c1ccc(C)o1.I. The van der Waals surface area contributed by atoms with Gasteiger partial charge in [-0.2, -0.15) is 5.10 Å². The second-order valence-corrected chi connectivity index (χ2v) is 5.65. The van der Waals surface area contributed by atoms with E-state index in [-0.39, 0.29) is 30.0 Å². The maximum atomic E-state index is 5.63. The molecule has 0 spiro atoms. The van der Waals surface area contributed by atoms with Gasteiger partial charge in [0.1, 0.15) is 17.3 Å². The molecular weight excluding hydrogens is 447 g/mol. The fourth-order valence-corrected chi connectivity index (χ4v) is 2.38. The number of rotatable bonds is 6. The predicted molar refractivity (Wildman–Crippen MR) is 110 cm³/mol. The van der Waals surface area contributed by atoms with Crippen LogP contribution in [-0.2, 0) is 6.42 Å². The van der Waals surface area contributed by atoms with Crippen molar-refractivity contribution in [2.75, 3.05) is 13.6 Å². The van der Waals surface area contributed by atoms with Crippen LogP contribution in [0.1, 0.15) is 30.3 Å². The van der Waals surface area contributed by atoms with Crippen LogP contribution in [0.15, 0.2) is 44.4 Å². The van der Waals surface area contributed by atoms with E-state index in [9.17, 15) is 0 Å². The predicted octanol–water partition coefficient (Wildman–Crippen LogP) is 3.05. The van der Waals surface area contributed by atoms with Crippen LogP contribution >= 0.6 is 24.0 Å². The molecule has 0 radical (unpaired) electrons. The van der Waals surface area contributed by atoms with E-state index < -0.39 is 0 Å². The summed E-state index contributed by atoms with van der Waals surface area (Å²) in [4.78, 5) is 8.64. The van der Waals surface area contributed by atoms with Crippen molar-refractivity contribution in [1.29, 1.82) is 0 Å². The van der Waals surface area contributed by atoms with Crippen molar-refractivity contribution in [1.82, 2.24) is 25.8 Å². The highest BCUT2D eigenvalue weighted by Crippen LogP contribution is 2.15. The first-order chi connectivity index (χ1) is 12.2. The van der Waals surface area contributed by atoms with Gasteiger partial charge in [-0.15, -0.1) is 24.0 Å². The molecule has 3 rings (SSSR count). The first-order valence-corrected chi connectivity index (χ1v) is 8.14. The minimum Gasteiger partial charge on any atom is -0.464 e. The number of aliphatic imine (C=N–C) groups is 1. The highest BCUT2D eigenvalue weighted by Gasteiger charge is 2.12. The third kappa shape index (κ3) is 5.10. The fourth-order valence-electron chi connectivity index (χ4n) is 2.38. The van der Waals surface area contributed by atoms with Crippen molar-refractivity contribution in [3.05, 3.63) is 47.9 Å². The molecule has 0 fully saturated rings. The first-order valence-electron chi connectivity index (χ1n) is 8.14. The minimum atomic E-state index is 0. The highest BCUT2D eigenvalue weighted by atomic mass is 127. The Labute approximate surface area is 168 Å². The third-order valence-electron chi connectivity index (χ3n) is 3.69. The minimum absolute atomic E-state index is 0. The molecular formula is C17H23IN6O2. The molecule has 0 saturated heterocycles. The van der Waals surface area contributed by atoms with E-state index >= 15 is 0 Å². The number of aryl methyl sites for hydroxylation is 1. The molecule has 26 heavy (non-hydrogen) atoms. The topological polar surface area (TPSA) is 104 Å². The van der Waals surface area contributed by atoms with Crippen LogP contribution < -0.4 is 10.6 Å². The summed E-state index contributed by atoms with van der Waals surface area (Å²) < 4.78 is 10.9. The van der Waals surface area contributed by atoms with Crippen molar-refractivity contribution in [3.8, 4) is 11.6 Å². The molecule has 1 atom stereocenters. The quantitative estimate of drug-likeness (QED) is 0.291. The number of hydrogen-bond donors (Lipinski definition) is 3. The molecule has 3 N–H and O–H groups in total. The lowest BCUT2D eigenvalue weighted by Gasteiger charge is -2.16. The molecule has 0 aromatic carbocycles. The Hall–Kier alpha value is -2.30. The van der Waals surface area contributed by atoms with E-state index in [0.717, 1.165) is 17.3 Å². The number of aromatic amines is 1. The molecule has 3 aromatic rings. The smallest absolute Gasteiger partial charge is 0.216 e. The lowest BCUT2D eigenvalue weighted by molar-refractivity contribution is 0.441. The van der Waals surface area contributed by atoms with Crippen LogP contribution in [0.4, 0.5) is 0 Å². The number of aromatic nitrogens is 3. The van der Waals surface area contributed by atoms with Crippen LogP contribution in [-0.4, -0.2) is 34.7 Å². The van der Waals surface area contributed by atoms with Gasteiger partial charge < -0.3 is 19.5 Å². The van der Waals surface area contributed by atoms with Gasteiger partial charge in [0.05, 0.1) is 12.3 Å². The maximum absolute atomic E-state index is 5.63. The largest absolute Gasteiger partial charge is 0.464 e. The van der Waals surface area contributed by atoms with Gasteiger partial charge in [0.15, 0.2) is 11.7 Å². The van der Waals surface area contributed by atoms with Crippen LogP contribution in [0.5, 0.6) is 0 Å². The summed E-state index contributed by atoms with van der Waals surface area (Å²) in [6.45, 7) is 4.62. The highest BCUT2D eigenvalue weighted by molar-refractivity contribution is 14.0. The van der Waals surface area contributed by atoms with Gasteiger partial charge in [-0.3, -0.25) is 10.1 Å². The van der Waals surface area contributed by atoms with E-state index in [0.29, 0.717) is 30.5 Å². The Bertz CT molecular complexity index is 824.